The maximum absolute atomic E-state index is 12.1. The number of hydrogen-bond donors (Lipinski definition) is 1. The Bertz CT molecular complexity index is 411. The van der Waals surface area contributed by atoms with E-state index in [0.29, 0.717) is 6.42 Å². The van der Waals surface area contributed by atoms with Gasteiger partial charge in [-0.15, -0.1) is 12.6 Å². The summed E-state index contributed by atoms with van der Waals surface area (Å²) in [5, 5.41) is 0. The Morgan fingerprint density at radius 2 is 2.00 bits per heavy atom. The van der Waals surface area contributed by atoms with E-state index in [-0.39, 0.29) is 11.3 Å². The highest BCUT2D eigenvalue weighted by atomic mass is 32.1. The van der Waals surface area contributed by atoms with Gasteiger partial charge in [0.2, 0.25) is 5.91 Å². The zero-order valence-electron chi connectivity index (χ0n) is 10.4. The Hall–Kier alpha value is -0.960. The smallest absolute Gasteiger partial charge is 0.227 e. The van der Waals surface area contributed by atoms with Gasteiger partial charge in [-0.05, 0) is 29.5 Å². The third-order valence-electron chi connectivity index (χ3n) is 3.32. The lowest BCUT2D eigenvalue weighted by Crippen LogP contribution is -2.31. The lowest BCUT2D eigenvalue weighted by Gasteiger charge is -2.19. The van der Waals surface area contributed by atoms with Gasteiger partial charge in [0.05, 0.1) is 6.42 Å². The molecule has 0 aromatic heterocycles. The lowest BCUT2D eigenvalue weighted by atomic mass is 9.93. The molecule has 0 unspecified atom stereocenters. The summed E-state index contributed by atoms with van der Waals surface area (Å²) >= 11 is 4.24. The topological polar surface area (TPSA) is 20.3 Å². The minimum absolute atomic E-state index is 0.238. The van der Waals surface area contributed by atoms with Gasteiger partial charge in [0.1, 0.15) is 0 Å². The number of amides is 1. The summed E-state index contributed by atoms with van der Waals surface area (Å²) in [5.41, 5.74) is 1.35. The number of rotatable bonds is 2. The van der Waals surface area contributed by atoms with Crippen LogP contribution in [0.1, 0.15) is 25.8 Å². The number of carbonyl (C=O) groups is 1. The van der Waals surface area contributed by atoms with E-state index in [0.717, 1.165) is 30.0 Å². The molecular formula is C14H19NOS. The zero-order chi connectivity index (χ0) is 12.5. The van der Waals surface area contributed by atoms with E-state index in [2.05, 4.69) is 26.5 Å². The molecule has 1 amide bonds. The first-order valence-electron chi connectivity index (χ1n) is 6.02. The van der Waals surface area contributed by atoms with Gasteiger partial charge in [-0.3, -0.25) is 4.79 Å². The largest absolute Gasteiger partial charge is 0.342 e. The Balaban J connectivity index is 1.96. The fraction of sp³-hybridized carbons (Fsp3) is 0.500. The molecule has 0 atom stereocenters. The highest BCUT2D eigenvalue weighted by molar-refractivity contribution is 7.80. The molecule has 1 heterocycles. The summed E-state index contributed by atoms with van der Waals surface area (Å²) in [7, 11) is 0. The van der Waals surface area contributed by atoms with Gasteiger partial charge in [-0.1, -0.05) is 26.0 Å². The number of thiol groups is 1. The number of carbonyl (C=O) groups excluding carboxylic acids is 1. The van der Waals surface area contributed by atoms with Gasteiger partial charge in [0.15, 0.2) is 0 Å². The first-order valence-corrected chi connectivity index (χ1v) is 6.47. The van der Waals surface area contributed by atoms with Crippen LogP contribution >= 0.6 is 12.6 Å². The van der Waals surface area contributed by atoms with Crippen molar-refractivity contribution < 1.29 is 4.79 Å². The average Bonchev–Trinajstić information content (AvgIpc) is 2.62. The molecule has 0 N–H and O–H groups in total. The summed E-state index contributed by atoms with van der Waals surface area (Å²) in [6.07, 6.45) is 1.61. The molecule has 0 spiro atoms. The van der Waals surface area contributed by atoms with Crippen molar-refractivity contribution in [1.82, 2.24) is 4.90 Å². The number of nitrogens with zero attached hydrogens (tertiary/aromatic N) is 1. The number of hydrogen-bond acceptors (Lipinski definition) is 2. The van der Waals surface area contributed by atoms with Crippen LogP contribution in [0.5, 0.6) is 0 Å². The minimum atomic E-state index is 0.238. The third-order valence-corrected chi connectivity index (χ3v) is 3.62. The van der Waals surface area contributed by atoms with Crippen molar-refractivity contribution in [3.8, 4) is 0 Å². The molecule has 1 aliphatic heterocycles. The van der Waals surface area contributed by atoms with Crippen molar-refractivity contribution in [2.45, 2.75) is 31.6 Å². The van der Waals surface area contributed by atoms with Gasteiger partial charge < -0.3 is 4.90 Å². The Morgan fingerprint density at radius 3 is 2.53 bits per heavy atom. The molecule has 1 aromatic rings. The molecule has 0 bridgehead atoms. The van der Waals surface area contributed by atoms with Crippen molar-refractivity contribution in [3.63, 3.8) is 0 Å². The maximum Gasteiger partial charge on any atom is 0.227 e. The predicted molar refractivity (Wildman–Crippen MR) is 72.4 cm³/mol. The van der Waals surface area contributed by atoms with Crippen LogP contribution < -0.4 is 0 Å². The highest BCUT2D eigenvalue weighted by Gasteiger charge is 2.31. The maximum atomic E-state index is 12.1. The quantitative estimate of drug-likeness (QED) is 0.799. The lowest BCUT2D eigenvalue weighted by molar-refractivity contribution is -0.129. The second kappa shape index (κ2) is 4.73. The Labute approximate surface area is 108 Å². The fourth-order valence-electron chi connectivity index (χ4n) is 2.23. The highest BCUT2D eigenvalue weighted by Crippen LogP contribution is 2.29. The summed E-state index contributed by atoms with van der Waals surface area (Å²) in [6.45, 7) is 6.22. The fourth-order valence-corrected chi connectivity index (χ4v) is 2.37. The normalized spacial score (nSPS) is 18.4. The zero-order valence-corrected chi connectivity index (χ0v) is 11.3. The molecule has 1 aliphatic rings. The number of likely N-dealkylation sites (tertiary alicyclic amines) is 1. The Morgan fingerprint density at radius 1 is 1.35 bits per heavy atom. The predicted octanol–water partition coefficient (Wildman–Crippen LogP) is 2.78. The van der Waals surface area contributed by atoms with Gasteiger partial charge in [0.25, 0.3) is 0 Å². The molecular weight excluding hydrogens is 230 g/mol. The van der Waals surface area contributed by atoms with Crippen molar-refractivity contribution in [1.29, 1.82) is 0 Å². The van der Waals surface area contributed by atoms with E-state index in [4.69, 9.17) is 0 Å². The summed E-state index contributed by atoms with van der Waals surface area (Å²) in [6, 6.07) is 7.81. The van der Waals surface area contributed by atoms with Crippen LogP contribution in [0, 0.1) is 5.41 Å². The Kier molecular flexibility index (Phi) is 3.48. The molecule has 2 rings (SSSR count). The third kappa shape index (κ3) is 3.25. The van der Waals surface area contributed by atoms with Gasteiger partial charge in [0, 0.05) is 18.0 Å². The molecule has 0 saturated carbocycles. The first-order chi connectivity index (χ1) is 7.96. The molecule has 1 aromatic carbocycles. The van der Waals surface area contributed by atoms with Crippen molar-refractivity contribution in [2.24, 2.45) is 5.41 Å². The van der Waals surface area contributed by atoms with Crippen LogP contribution in [0.15, 0.2) is 29.2 Å². The van der Waals surface area contributed by atoms with E-state index < -0.39 is 0 Å². The second-order valence-corrected chi connectivity index (χ2v) is 6.09. The van der Waals surface area contributed by atoms with Gasteiger partial charge in [-0.2, -0.15) is 0 Å². The van der Waals surface area contributed by atoms with Crippen LogP contribution in [0.4, 0.5) is 0 Å². The molecule has 92 valence electrons. The van der Waals surface area contributed by atoms with Gasteiger partial charge in [-0.25, -0.2) is 0 Å². The summed E-state index contributed by atoms with van der Waals surface area (Å²) < 4.78 is 0. The van der Waals surface area contributed by atoms with E-state index in [1.807, 2.05) is 29.2 Å². The molecule has 1 fully saturated rings. The van der Waals surface area contributed by atoms with E-state index in [9.17, 15) is 4.79 Å². The van der Waals surface area contributed by atoms with Crippen molar-refractivity contribution in [3.05, 3.63) is 29.8 Å². The molecule has 0 radical (unpaired) electrons. The first kappa shape index (κ1) is 12.5. The van der Waals surface area contributed by atoms with Crippen molar-refractivity contribution in [2.75, 3.05) is 13.1 Å². The van der Waals surface area contributed by atoms with Crippen LogP contribution in [0.2, 0.25) is 0 Å². The van der Waals surface area contributed by atoms with Crippen molar-refractivity contribution >= 4 is 18.5 Å². The summed E-state index contributed by atoms with van der Waals surface area (Å²) in [5.74, 6) is 0.238. The molecule has 2 nitrogen and oxygen atoms in total. The number of benzene rings is 1. The molecule has 0 aliphatic carbocycles. The van der Waals surface area contributed by atoms with Crippen LogP contribution in [-0.4, -0.2) is 23.9 Å². The summed E-state index contributed by atoms with van der Waals surface area (Å²) in [4.78, 5) is 15.0. The molecule has 3 heteroatoms. The van der Waals surface area contributed by atoms with Gasteiger partial charge >= 0.3 is 0 Å². The monoisotopic (exact) mass is 249 g/mol. The second-order valence-electron chi connectivity index (χ2n) is 5.57. The average molecular weight is 249 g/mol. The van der Waals surface area contributed by atoms with E-state index in [1.54, 1.807) is 0 Å². The van der Waals surface area contributed by atoms with Crippen LogP contribution in [0.3, 0.4) is 0 Å². The minimum Gasteiger partial charge on any atom is -0.342 e. The van der Waals surface area contributed by atoms with E-state index in [1.165, 1.54) is 0 Å². The van der Waals surface area contributed by atoms with E-state index >= 15 is 0 Å². The standard InChI is InChI=1S/C14H19NOS/c1-14(2)7-8-15(10-14)13(16)9-11-3-5-12(17)6-4-11/h3-6,17H,7-10H2,1-2H3. The van der Waals surface area contributed by atoms with Crippen LogP contribution in [-0.2, 0) is 11.2 Å². The SMILES string of the molecule is CC1(C)CCN(C(=O)Cc2ccc(S)cc2)C1. The van der Waals surface area contributed by atoms with Crippen LogP contribution in [0.25, 0.3) is 0 Å². The molecule has 1 saturated heterocycles. The molecule has 17 heavy (non-hydrogen) atoms.